The third-order valence-electron chi connectivity index (χ3n) is 3.06. The van der Waals surface area contributed by atoms with Crippen LogP contribution in [0.25, 0.3) is 0 Å². The topological polar surface area (TPSA) is 29.9 Å². The van der Waals surface area contributed by atoms with Crippen LogP contribution in [0, 0.1) is 12.8 Å². The Bertz CT molecular complexity index is 326. The highest BCUT2D eigenvalue weighted by atomic mass is 15.3. The van der Waals surface area contributed by atoms with Crippen molar-refractivity contribution in [2.45, 2.75) is 39.2 Å². The van der Waals surface area contributed by atoms with Crippen molar-refractivity contribution >= 4 is 0 Å². The molecule has 0 amide bonds. The van der Waals surface area contributed by atoms with E-state index in [4.69, 9.17) is 0 Å². The second kappa shape index (κ2) is 4.35. The minimum Gasteiger partial charge on any atom is -0.308 e. The maximum atomic E-state index is 4.43. The number of hydrogen-bond donors (Lipinski definition) is 1. The SMILES string of the molecule is CCCNC(c1cc(C)nn1C)C1CC1. The summed E-state index contributed by atoms with van der Waals surface area (Å²) in [7, 11) is 2.05. The van der Waals surface area contributed by atoms with Crippen molar-refractivity contribution in [3.05, 3.63) is 17.5 Å². The molecule has 1 aromatic rings. The lowest BCUT2D eigenvalue weighted by molar-refractivity contribution is 0.451. The van der Waals surface area contributed by atoms with Gasteiger partial charge in [0.1, 0.15) is 0 Å². The van der Waals surface area contributed by atoms with Crippen LogP contribution in [-0.2, 0) is 7.05 Å². The quantitative estimate of drug-likeness (QED) is 0.802. The van der Waals surface area contributed by atoms with Gasteiger partial charge in [0.25, 0.3) is 0 Å². The number of nitrogens with zero attached hydrogens (tertiary/aromatic N) is 2. The van der Waals surface area contributed by atoms with E-state index >= 15 is 0 Å². The van der Waals surface area contributed by atoms with Gasteiger partial charge in [-0.1, -0.05) is 6.92 Å². The van der Waals surface area contributed by atoms with E-state index in [1.807, 2.05) is 11.7 Å². The first-order valence-corrected chi connectivity index (χ1v) is 5.96. The molecule has 3 heteroatoms. The Morgan fingerprint density at radius 3 is 2.80 bits per heavy atom. The Morgan fingerprint density at radius 2 is 2.33 bits per heavy atom. The molecule has 0 saturated heterocycles. The average molecular weight is 207 g/mol. The van der Waals surface area contributed by atoms with E-state index in [1.54, 1.807) is 0 Å². The fourth-order valence-corrected chi connectivity index (χ4v) is 2.16. The van der Waals surface area contributed by atoms with Crippen LogP contribution in [-0.4, -0.2) is 16.3 Å². The number of nitrogens with one attached hydrogen (secondary N) is 1. The Balaban J connectivity index is 2.12. The highest BCUT2D eigenvalue weighted by Gasteiger charge is 2.33. The molecule has 2 rings (SSSR count). The number of aryl methyl sites for hydroxylation is 2. The van der Waals surface area contributed by atoms with E-state index in [0.29, 0.717) is 6.04 Å². The van der Waals surface area contributed by atoms with Gasteiger partial charge in [0.05, 0.1) is 17.4 Å². The largest absolute Gasteiger partial charge is 0.308 e. The van der Waals surface area contributed by atoms with Gasteiger partial charge in [0.2, 0.25) is 0 Å². The fraction of sp³-hybridized carbons (Fsp3) is 0.750. The molecule has 1 aromatic heterocycles. The second-order valence-corrected chi connectivity index (χ2v) is 4.60. The molecule has 0 aromatic carbocycles. The lowest BCUT2D eigenvalue weighted by Gasteiger charge is -2.17. The van der Waals surface area contributed by atoms with Crippen LogP contribution in [0.3, 0.4) is 0 Å². The molecule has 1 aliphatic carbocycles. The smallest absolute Gasteiger partial charge is 0.0597 e. The average Bonchev–Trinajstić information content (AvgIpc) is 2.95. The molecule has 1 atom stereocenters. The molecule has 84 valence electrons. The maximum absolute atomic E-state index is 4.43. The van der Waals surface area contributed by atoms with Gasteiger partial charge in [0.15, 0.2) is 0 Å². The van der Waals surface area contributed by atoms with Crippen molar-refractivity contribution in [2.75, 3.05) is 6.54 Å². The lowest BCUT2D eigenvalue weighted by Crippen LogP contribution is -2.25. The molecule has 0 radical (unpaired) electrons. The minimum absolute atomic E-state index is 0.524. The van der Waals surface area contributed by atoms with Crippen molar-refractivity contribution in [1.82, 2.24) is 15.1 Å². The molecule has 1 saturated carbocycles. The molecule has 1 N–H and O–H groups in total. The zero-order valence-corrected chi connectivity index (χ0v) is 9.95. The van der Waals surface area contributed by atoms with Gasteiger partial charge >= 0.3 is 0 Å². The molecule has 0 bridgehead atoms. The fourth-order valence-electron chi connectivity index (χ4n) is 2.16. The standard InChI is InChI=1S/C12H21N3/c1-4-7-13-12(10-5-6-10)11-8-9(2)14-15(11)3/h8,10,12-13H,4-7H2,1-3H3. The number of hydrogen-bond acceptors (Lipinski definition) is 2. The highest BCUT2D eigenvalue weighted by Crippen LogP contribution is 2.40. The van der Waals surface area contributed by atoms with Gasteiger partial charge in [-0.05, 0) is 44.7 Å². The molecular formula is C12H21N3. The number of rotatable bonds is 5. The zero-order valence-electron chi connectivity index (χ0n) is 9.95. The highest BCUT2D eigenvalue weighted by molar-refractivity contribution is 5.15. The van der Waals surface area contributed by atoms with Gasteiger partial charge in [-0.25, -0.2) is 0 Å². The summed E-state index contributed by atoms with van der Waals surface area (Å²) in [6.45, 7) is 5.38. The summed E-state index contributed by atoms with van der Waals surface area (Å²) in [6, 6.07) is 2.74. The summed E-state index contributed by atoms with van der Waals surface area (Å²) in [5, 5.41) is 8.07. The molecule has 1 aliphatic rings. The van der Waals surface area contributed by atoms with Crippen LogP contribution in [0.1, 0.15) is 43.6 Å². The molecular weight excluding hydrogens is 186 g/mol. The summed E-state index contributed by atoms with van der Waals surface area (Å²) in [6.07, 6.45) is 3.93. The molecule has 0 spiro atoms. The summed E-state index contributed by atoms with van der Waals surface area (Å²) in [4.78, 5) is 0. The summed E-state index contributed by atoms with van der Waals surface area (Å²) < 4.78 is 2.03. The van der Waals surface area contributed by atoms with Gasteiger partial charge < -0.3 is 5.32 Å². The van der Waals surface area contributed by atoms with E-state index in [1.165, 1.54) is 25.0 Å². The van der Waals surface area contributed by atoms with Crippen molar-refractivity contribution in [3.8, 4) is 0 Å². The Morgan fingerprint density at radius 1 is 1.60 bits per heavy atom. The molecule has 3 nitrogen and oxygen atoms in total. The van der Waals surface area contributed by atoms with Crippen molar-refractivity contribution in [2.24, 2.45) is 13.0 Å². The van der Waals surface area contributed by atoms with Crippen molar-refractivity contribution < 1.29 is 0 Å². The zero-order chi connectivity index (χ0) is 10.8. The first-order chi connectivity index (χ1) is 7.22. The predicted molar refractivity (Wildman–Crippen MR) is 61.7 cm³/mol. The van der Waals surface area contributed by atoms with Crippen LogP contribution >= 0.6 is 0 Å². The van der Waals surface area contributed by atoms with E-state index in [9.17, 15) is 0 Å². The second-order valence-electron chi connectivity index (χ2n) is 4.60. The van der Waals surface area contributed by atoms with E-state index in [2.05, 4.69) is 30.3 Å². The van der Waals surface area contributed by atoms with E-state index in [-0.39, 0.29) is 0 Å². The molecule has 1 unspecified atom stereocenters. The lowest BCUT2D eigenvalue weighted by atomic mass is 10.1. The van der Waals surface area contributed by atoms with E-state index < -0.39 is 0 Å². The van der Waals surface area contributed by atoms with Crippen molar-refractivity contribution in [3.63, 3.8) is 0 Å². The number of aromatic nitrogens is 2. The maximum Gasteiger partial charge on any atom is 0.0597 e. The first kappa shape index (κ1) is 10.7. The van der Waals surface area contributed by atoms with Crippen LogP contribution in [0.4, 0.5) is 0 Å². The minimum atomic E-state index is 0.524. The normalized spacial score (nSPS) is 18.1. The Labute approximate surface area is 91.9 Å². The van der Waals surface area contributed by atoms with Crippen molar-refractivity contribution in [1.29, 1.82) is 0 Å². The summed E-state index contributed by atoms with van der Waals surface area (Å²) in [5.74, 6) is 0.839. The molecule has 15 heavy (non-hydrogen) atoms. The van der Waals surface area contributed by atoms with Crippen LogP contribution in [0.2, 0.25) is 0 Å². The Kier molecular flexibility index (Phi) is 3.10. The monoisotopic (exact) mass is 207 g/mol. The van der Waals surface area contributed by atoms with Crippen LogP contribution in [0.15, 0.2) is 6.07 Å². The van der Waals surface area contributed by atoms with Gasteiger partial charge in [-0.2, -0.15) is 5.10 Å². The van der Waals surface area contributed by atoms with Crippen LogP contribution in [0.5, 0.6) is 0 Å². The van der Waals surface area contributed by atoms with E-state index in [0.717, 1.165) is 18.2 Å². The van der Waals surface area contributed by atoms with Gasteiger partial charge in [-0.15, -0.1) is 0 Å². The summed E-state index contributed by atoms with van der Waals surface area (Å²) in [5.41, 5.74) is 2.47. The van der Waals surface area contributed by atoms with Gasteiger partial charge in [0, 0.05) is 7.05 Å². The molecule has 0 aliphatic heterocycles. The Hall–Kier alpha value is -0.830. The first-order valence-electron chi connectivity index (χ1n) is 5.96. The third kappa shape index (κ3) is 2.40. The molecule has 1 heterocycles. The van der Waals surface area contributed by atoms with Crippen LogP contribution < -0.4 is 5.32 Å². The third-order valence-corrected chi connectivity index (χ3v) is 3.06. The summed E-state index contributed by atoms with van der Waals surface area (Å²) >= 11 is 0. The molecule has 1 fully saturated rings. The van der Waals surface area contributed by atoms with Gasteiger partial charge in [-0.3, -0.25) is 4.68 Å². The predicted octanol–water partition coefficient (Wildman–Crippen LogP) is 2.18.